The first-order valence-corrected chi connectivity index (χ1v) is 10.3. The fourth-order valence-electron chi connectivity index (χ4n) is 2.40. The van der Waals surface area contributed by atoms with Crippen LogP contribution < -0.4 is 10.2 Å². The Hall–Kier alpha value is -2.78. The molecule has 0 saturated carbocycles. The summed E-state index contributed by atoms with van der Waals surface area (Å²) in [6.45, 7) is 3.63. The number of hydrogen-bond acceptors (Lipinski definition) is 7. The summed E-state index contributed by atoms with van der Waals surface area (Å²) < 4.78 is 6.56. The van der Waals surface area contributed by atoms with Gasteiger partial charge in [-0.05, 0) is 26.0 Å². The third-order valence-electron chi connectivity index (χ3n) is 3.89. The first kappa shape index (κ1) is 20.0. The van der Waals surface area contributed by atoms with Gasteiger partial charge in [0.15, 0.2) is 0 Å². The van der Waals surface area contributed by atoms with Gasteiger partial charge in [0.2, 0.25) is 5.91 Å². The number of carbonyl (C=O) groups excluding carboxylic acids is 2. The normalized spacial score (nSPS) is 10.6. The van der Waals surface area contributed by atoms with Crippen LogP contribution >= 0.6 is 22.7 Å². The van der Waals surface area contributed by atoms with Gasteiger partial charge in [0.25, 0.3) is 0 Å². The van der Waals surface area contributed by atoms with Crippen LogP contribution in [0.2, 0.25) is 0 Å². The first-order chi connectivity index (χ1) is 13.4. The number of rotatable bonds is 7. The summed E-state index contributed by atoms with van der Waals surface area (Å²) in [5.74, 6) is -0.663. The van der Waals surface area contributed by atoms with Gasteiger partial charge in [0.1, 0.15) is 18.2 Å². The number of thiazole rings is 2. The van der Waals surface area contributed by atoms with Gasteiger partial charge in [-0.3, -0.25) is 19.0 Å². The van der Waals surface area contributed by atoms with Crippen molar-refractivity contribution >= 4 is 40.2 Å². The molecule has 2 aromatic heterocycles. The number of benzene rings is 1. The van der Waals surface area contributed by atoms with Crippen LogP contribution in [0.5, 0.6) is 0 Å². The minimum atomic E-state index is -0.504. The Bertz CT molecular complexity index is 1030. The van der Waals surface area contributed by atoms with Crippen molar-refractivity contribution in [3.63, 3.8) is 0 Å². The van der Waals surface area contributed by atoms with E-state index in [2.05, 4.69) is 10.3 Å². The third kappa shape index (κ3) is 5.37. The van der Waals surface area contributed by atoms with Gasteiger partial charge >= 0.3 is 10.8 Å². The van der Waals surface area contributed by atoms with Crippen LogP contribution in [-0.2, 0) is 33.9 Å². The third-order valence-corrected chi connectivity index (χ3v) is 5.67. The van der Waals surface area contributed by atoms with Crippen molar-refractivity contribution in [2.75, 3.05) is 5.32 Å². The van der Waals surface area contributed by atoms with E-state index in [-0.39, 0.29) is 30.4 Å². The first-order valence-electron chi connectivity index (χ1n) is 8.51. The molecule has 0 spiro atoms. The quantitative estimate of drug-likeness (QED) is 0.597. The molecule has 0 aliphatic rings. The molecule has 0 atom stereocenters. The molecule has 0 unspecified atom stereocenters. The van der Waals surface area contributed by atoms with E-state index in [9.17, 15) is 14.4 Å². The lowest BCUT2D eigenvalue weighted by Gasteiger charge is -2.05. The van der Waals surface area contributed by atoms with E-state index in [1.54, 1.807) is 17.7 Å². The van der Waals surface area contributed by atoms with Crippen molar-refractivity contribution in [2.24, 2.45) is 0 Å². The molecule has 0 bridgehead atoms. The molecule has 0 aliphatic carbocycles. The van der Waals surface area contributed by atoms with Crippen molar-refractivity contribution in [2.45, 2.75) is 33.4 Å². The monoisotopic (exact) mass is 417 g/mol. The van der Waals surface area contributed by atoms with Crippen LogP contribution in [0.3, 0.4) is 0 Å². The minimum absolute atomic E-state index is 0.00680. The zero-order chi connectivity index (χ0) is 20.1. The number of anilines is 1. The fourth-order valence-corrected chi connectivity index (χ4v) is 3.91. The summed E-state index contributed by atoms with van der Waals surface area (Å²) in [5, 5.41) is 6.91. The molecule has 0 radical (unpaired) electrons. The smallest absolute Gasteiger partial charge is 0.326 e. The van der Waals surface area contributed by atoms with Crippen LogP contribution in [0.25, 0.3) is 0 Å². The van der Waals surface area contributed by atoms with E-state index in [0.717, 1.165) is 28.3 Å². The van der Waals surface area contributed by atoms with Crippen LogP contribution in [0, 0.1) is 13.8 Å². The van der Waals surface area contributed by atoms with Gasteiger partial charge in [-0.1, -0.05) is 29.0 Å². The lowest BCUT2D eigenvalue weighted by molar-refractivity contribution is -0.145. The number of hydrogen-bond donors (Lipinski definition) is 1. The molecule has 0 aliphatic heterocycles. The van der Waals surface area contributed by atoms with Crippen molar-refractivity contribution in [1.29, 1.82) is 0 Å². The molecule has 1 aromatic carbocycles. The molecule has 9 heteroatoms. The summed E-state index contributed by atoms with van der Waals surface area (Å²) in [4.78, 5) is 39.8. The number of amides is 1. The summed E-state index contributed by atoms with van der Waals surface area (Å²) >= 11 is 2.38. The molecule has 28 heavy (non-hydrogen) atoms. The Morgan fingerprint density at radius 1 is 1.14 bits per heavy atom. The average Bonchev–Trinajstić information content (AvgIpc) is 3.23. The standard InChI is InChI=1S/C19H19N3O4S2/c1-12-3-5-14(6-4-12)20-16(23)7-17-21-15(11-27-17)9-26-18(24)8-22-13(2)10-28-19(22)25/h3-6,10-11H,7-9H2,1-2H3,(H,20,23). The molecular weight excluding hydrogens is 398 g/mol. The second-order valence-electron chi connectivity index (χ2n) is 6.21. The van der Waals surface area contributed by atoms with Crippen LogP contribution in [0.1, 0.15) is 22.0 Å². The van der Waals surface area contributed by atoms with Gasteiger partial charge in [-0.25, -0.2) is 4.98 Å². The highest BCUT2D eigenvalue weighted by molar-refractivity contribution is 7.09. The number of aryl methyl sites for hydroxylation is 2. The molecular formula is C19H19N3O4S2. The van der Waals surface area contributed by atoms with Crippen molar-refractivity contribution in [3.8, 4) is 0 Å². The topological polar surface area (TPSA) is 90.3 Å². The molecule has 0 saturated heterocycles. The van der Waals surface area contributed by atoms with E-state index in [0.29, 0.717) is 10.7 Å². The SMILES string of the molecule is Cc1ccc(NC(=O)Cc2nc(COC(=O)Cn3c(C)csc3=O)cs2)cc1. The zero-order valence-electron chi connectivity index (χ0n) is 15.4. The molecule has 1 amide bonds. The maximum Gasteiger partial charge on any atom is 0.326 e. The molecule has 2 heterocycles. The Morgan fingerprint density at radius 2 is 1.89 bits per heavy atom. The lowest BCUT2D eigenvalue weighted by Crippen LogP contribution is -2.22. The Kier molecular flexibility index (Phi) is 6.37. The highest BCUT2D eigenvalue weighted by atomic mass is 32.1. The molecule has 146 valence electrons. The van der Waals surface area contributed by atoms with Crippen molar-refractivity contribution in [3.05, 3.63) is 66.7 Å². The fraction of sp³-hybridized carbons (Fsp3) is 0.263. The number of carbonyl (C=O) groups is 2. The number of nitrogens with zero attached hydrogens (tertiary/aromatic N) is 2. The van der Waals surface area contributed by atoms with Crippen LogP contribution in [-0.4, -0.2) is 21.4 Å². The second kappa shape index (κ2) is 8.94. The van der Waals surface area contributed by atoms with E-state index in [1.165, 1.54) is 15.9 Å². The Balaban J connectivity index is 1.48. The number of esters is 1. The van der Waals surface area contributed by atoms with Crippen molar-refractivity contribution < 1.29 is 14.3 Å². The Labute approximate surface area is 169 Å². The van der Waals surface area contributed by atoms with E-state index in [4.69, 9.17) is 4.74 Å². The van der Waals surface area contributed by atoms with Crippen LogP contribution in [0.4, 0.5) is 5.69 Å². The summed E-state index contributed by atoms with van der Waals surface area (Å²) in [6.07, 6.45) is 0.149. The number of nitrogens with one attached hydrogen (secondary N) is 1. The average molecular weight is 418 g/mol. The van der Waals surface area contributed by atoms with Gasteiger partial charge in [-0.15, -0.1) is 11.3 Å². The van der Waals surface area contributed by atoms with E-state index < -0.39 is 5.97 Å². The lowest BCUT2D eigenvalue weighted by atomic mass is 10.2. The maximum absolute atomic E-state index is 12.1. The second-order valence-corrected chi connectivity index (χ2v) is 7.98. The van der Waals surface area contributed by atoms with Gasteiger partial charge in [0, 0.05) is 22.1 Å². The number of ether oxygens (including phenoxy) is 1. The van der Waals surface area contributed by atoms with E-state index >= 15 is 0 Å². The largest absolute Gasteiger partial charge is 0.458 e. The van der Waals surface area contributed by atoms with Gasteiger partial charge in [-0.2, -0.15) is 0 Å². The summed E-state index contributed by atoms with van der Waals surface area (Å²) in [5.41, 5.74) is 3.16. The summed E-state index contributed by atoms with van der Waals surface area (Å²) in [6, 6.07) is 7.55. The predicted octanol–water partition coefficient (Wildman–Crippen LogP) is 2.91. The molecule has 1 N–H and O–H groups in total. The van der Waals surface area contributed by atoms with E-state index in [1.807, 2.05) is 31.2 Å². The van der Waals surface area contributed by atoms with Crippen molar-refractivity contribution in [1.82, 2.24) is 9.55 Å². The molecule has 3 rings (SSSR count). The zero-order valence-corrected chi connectivity index (χ0v) is 17.1. The predicted molar refractivity (Wildman–Crippen MR) is 109 cm³/mol. The highest BCUT2D eigenvalue weighted by Crippen LogP contribution is 2.14. The molecule has 7 nitrogen and oxygen atoms in total. The Morgan fingerprint density at radius 3 is 2.57 bits per heavy atom. The minimum Gasteiger partial charge on any atom is -0.458 e. The number of aromatic nitrogens is 2. The van der Waals surface area contributed by atoms with Gasteiger partial charge < -0.3 is 10.1 Å². The maximum atomic E-state index is 12.1. The summed E-state index contributed by atoms with van der Waals surface area (Å²) in [7, 11) is 0. The molecule has 0 fully saturated rings. The van der Waals surface area contributed by atoms with Crippen LogP contribution in [0.15, 0.2) is 39.8 Å². The highest BCUT2D eigenvalue weighted by Gasteiger charge is 2.12. The molecule has 3 aromatic rings. The van der Waals surface area contributed by atoms with Gasteiger partial charge in [0.05, 0.1) is 12.1 Å².